The van der Waals surface area contributed by atoms with Crippen LogP contribution >= 0.6 is 0 Å². The second-order valence-electron chi connectivity index (χ2n) is 6.64. The fraction of sp³-hybridized carbons (Fsp3) is 0.579. The second-order valence-corrected chi connectivity index (χ2v) is 6.64. The standard InChI is InChI=1S/C19H28N2O5/c1-15-6-3-4-7-17(15)26-10-5-8-18(22)21-9-11-25-16(13-21)12-20(2)14-19(23)24/h3-4,6-7,16H,5,8-14H2,1-2H3,(H,23,24). The molecular formula is C19H28N2O5. The molecule has 1 saturated heterocycles. The molecule has 1 atom stereocenters. The van der Waals surface area contributed by atoms with Crippen molar-refractivity contribution in [1.29, 1.82) is 0 Å². The summed E-state index contributed by atoms with van der Waals surface area (Å²) in [7, 11) is 1.74. The van der Waals surface area contributed by atoms with Gasteiger partial charge in [-0.05, 0) is 32.0 Å². The van der Waals surface area contributed by atoms with Gasteiger partial charge in [-0.15, -0.1) is 0 Å². The highest BCUT2D eigenvalue weighted by molar-refractivity contribution is 5.76. The average molecular weight is 364 g/mol. The molecule has 26 heavy (non-hydrogen) atoms. The van der Waals surface area contributed by atoms with E-state index in [1.807, 2.05) is 31.2 Å². The zero-order chi connectivity index (χ0) is 18.9. The lowest BCUT2D eigenvalue weighted by atomic mass is 10.2. The second kappa shape index (κ2) is 10.1. The van der Waals surface area contributed by atoms with Crippen molar-refractivity contribution in [2.24, 2.45) is 0 Å². The minimum absolute atomic E-state index is 0.0377. The number of hydrogen-bond acceptors (Lipinski definition) is 5. The third kappa shape index (κ3) is 6.65. The molecule has 1 unspecified atom stereocenters. The first kappa shape index (κ1) is 20.2. The Morgan fingerprint density at radius 2 is 2.15 bits per heavy atom. The van der Waals surface area contributed by atoms with Crippen molar-refractivity contribution >= 4 is 11.9 Å². The molecule has 1 heterocycles. The van der Waals surface area contributed by atoms with Crippen molar-refractivity contribution in [2.45, 2.75) is 25.9 Å². The van der Waals surface area contributed by atoms with Crippen LogP contribution in [0.2, 0.25) is 0 Å². The number of aryl methyl sites for hydroxylation is 1. The van der Waals surface area contributed by atoms with Gasteiger partial charge in [0, 0.05) is 26.1 Å². The van der Waals surface area contributed by atoms with Crippen molar-refractivity contribution in [3.8, 4) is 5.75 Å². The van der Waals surface area contributed by atoms with Crippen molar-refractivity contribution in [1.82, 2.24) is 9.80 Å². The predicted octanol–water partition coefficient (Wildman–Crippen LogP) is 1.40. The van der Waals surface area contributed by atoms with E-state index in [0.717, 1.165) is 11.3 Å². The summed E-state index contributed by atoms with van der Waals surface area (Å²) >= 11 is 0. The van der Waals surface area contributed by atoms with Gasteiger partial charge in [-0.25, -0.2) is 0 Å². The minimum atomic E-state index is -0.870. The summed E-state index contributed by atoms with van der Waals surface area (Å²) in [5.74, 6) is 0.0744. The Bertz CT molecular complexity index is 607. The highest BCUT2D eigenvalue weighted by Gasteiger charge is 2.25. The van der Waals surface area contributed by atoms with Gasteiger partial charge in [0.15, 0.2) is 0 Å². The monoisotopic (exact) mass is 364 g/mol. The van der Waals surface area contributed by atoms with E-state index >= 15 is 0 Å². The maximum absolute atomic E-state index is 12.4. The number of carbonyl (C=O) groups excluding carboxylic acids is 1. The van der Waals surface area contributed by atoms with Gasteiger partial charge in [-0.1, -0.05) is 18.2 Å². The van der Waals surface area contributed by atoms with E-state index in [9.17, 15) is 9.59 Å². The molecule has 7 nitrogen and oxygen atoms in total. The van der Waals surface area contributed by atoms with Crippen LogP contribution < -0.4 is 4.74 Å². The fourth-order valence-electron chi connectivity index (χ4n) is 2.98. The quantitative estimate of drug-likeness (QED) is 0.667. The molecule has 144 valence electrons. The molecule has 1 N–H and O–H groups in total. The van der Waals surface area contributed by atoms with Crippen LogP contribution in [0.4, 0.5) is 0 Å². The van der Waals surface area contributed by atoms with Gasteiger partial charge in [-0.2, -0.15) is 0 Å². The number of hydrogen-bond donors (Lipinski definition) is 1. The van der Waals surface area contributed by atoms with Crippen molar-refractivity contribution < 1.29 is 24.2 Å². The Balaban J connectivity index is 1.69. The molecule has 1 fully saturated rings. The Labute approximate surface area is 154 Å². The molecule has 1 aliphatic rings. The molecule has 7 heteroatoms. The number of carboxylic acid groups (broad SMARTS) is 1. The Morgan fingerprint density at radius 1 is 1.38 bits per heavy atom. The van der Waals surface area contributed by atoms with Crippen LogP contribution in [0.5, 0.6) is 5.75 Å². The van der Waals surface area contributed by atoms with E-state index in [1.54, 1.807) is 16.8 Å². The number of morpholine rings is 1. The molecule has 0 aromatic heterocycles. The molecule has 0 saturated carbocycles. The van der Waals surface area contributed by atoms with E-state index in [1.165, 1.54) is 0 Å². The van der Waals surface area contributed by atoms with Crippen LogP contribution in [-0.2, 0) is 14.3 Å². The van der Waals surface area contributed by atoms with Gasteiger partial charge in [-0.3, -0.25) is 14.5 Å². The number of benzene rings is 1. The molecule has 2 rings (SSSR count). The van der Waals surface area contributed by atoms with E-state index in [2.05, 4.69) is 0 Å². The number of carbonyl (C=O) groups is 2. The van der Waals surface area contributed by atoms with E-state index in [-0.39, 0.29) is 18.6 Å². The maximum atomic E-state index is 12.4. The zero-order valence-corrected chi connectivity index (χ0v) is 15.5. The van der Waals surface area contributed by atoms with Crippen molar-refractivity contribution in [3.05, 3.63) is 29.8 Å². The molecule has 1 aromatic carbocycles. The lowest BCUT2D eigenvalue weighted by molar-refractivity contribution is -0.142. The van der Waals surface area contributed by atoms with Crippen LogP contribution in [-0.4, -0.2) is 79.3 Å². The first-order valence-corrected chi connectivity index (χ1v) is 8.94. The largest absolute Gasteiger partial charge is 0.493 e. The number of para-hydroxylation sites is 1. The van der Waals surface area contributed by atoms with Gasteiger partial charge in [0.2, 0.25) is 5.91 Å². The molecule has 1 amide bonds. The SMILES string of the molecule is Cc1ccccc1OCCCC(=O)N1CCOC(CN(C)CC(=O)O)C1. The van der Waals surface area contributed by atoms with Crippen molar-refractivity contribution in [3.63, 3.8) is 0 Å². The van der Waals surface area contributed by atoms with Crippen molar-refractivity contribution in [2.75, 3.05) is 46.4 Å². The summed E-state index contributed by atoms with van der Waals surface area (Å²) in [5, 5.41) is 8.81. The smallest absolute Gasteiger partial charge is 0.317 e. The van der Waals surface area contributed by atoms with Crippen LogP contribution in [0.15, 0.2) is 24.3 Å². The molecule has 0 radical (unpaired) electrons. The number of aliphatic carboxylic acids is 1. The summed E-state index contributed by atoms with van der Waals surface area (Å²) in [6.07, 6.45) is 0.942. The van der Waals surface area contributed by atoms with E-state index < -0.39 is 5.97 Å². The Hall–Kier alpha value is -2.12. The lowest BCUT2D eigenvalue weighted by Gasteiger charge is -2.34. The zero-order valence-electron chi connectivity index (χ0n) is 15.5. The molecule has 1 aromatic rings. The maximum Gasteiger partial charge on any atom is 0.317 e. The summed E-state index contributed by atoms with van der Waals surface area (Å²) in [6, 6.07) is 7.82. The third-order valence-corrected chi connectivity index (χ3v) is 4.30. The Kier molecular flexibility index (Phi) is 7.87. The average Bonchev–Trinajstić information content (AvgIpc) is 2.59. The first-order chi connectivity index (χ1) is 12.5. The summed E-state index contributed by atoms with van der Waals surface area (Å²) < 4.78 is 11.4. The van der Waals surface area contributed by atoms with Gasteiger partial charge in [0.25, 0.3) is 0 Å². The van der Waals surface area contributed by atoms with Gasteiger partial charge >= 0.3 is 5.97 Å². The summed E-state index contributed by atoms with van der Waals surface area (Å²) in [6.45, 7) is 4.52. The van der Waals surface area contributed by atoms with Crippen LogP contribution in [0.1, 0.15) is 18.4 Å². The van der Waals surface area contributed by atoms with Crippen LogP contribution in [0.3, 0.4) is 0 Å². The summed E-state index contributed by atoms with van der Waals surface area (Å²) in [4.78, 5) is 26.6. The molecular weight excluding hydrogens is 336 g/mol. The van der Waals surface area contributed by atoms with E-state index in [4.69, 9.17) is 14.6 Å². The van der Waals surface area contributed by atoms with Crippen LogP contribution in [0, 0.1) is 6.92 Å². The Morgan fingerprint density at radius 3 is 2.88 bits per heavy atom. The first-order valence-electron chi connectivity index (χ1n) is 8.94. The number of rotatable bonds is 9. The van der Waals surface area contributed by atoms with Crippen LogP contribution in [0.25, 0.3) is 0 Å². The minimum Gasteiger partial charge on any atom is -0.493 e. The fourth-order valence-corrected chi connectivity index (χ4v) is 2.98. The molecule has 0 bridgehead atoms. The predicted molar refractivity (Wildman–Crippen MR) is 97.4 cm³/mol. The normalized spacial score (nSPS) is 17.3. The highest BCUT2D eigenvalue weighted by Crippen LogP contribution is 2.16. The van der Waals surface area contributed by atoms with E-state index in [0.29, 0.717) is 45.7 Å². The molecule has 0 aliphatic carbocycles. The van der Waals surface area contributed by atoms with Gasteiger partial charge < -0.3 is 19.5 Å². The number of amides is 1. The molecule has 1 aliphatic heterocycles. The third-order valence-electron chi connectivity index (χ3n) is 4.30. The highest BCUT2D eigenvalue weighted by atomic mass is 16.5. The lowest BCUT2D eigenvalue weighted by Crippen LogP contribution is -2.49. The topological polar surface area (TPSA) is 79.3 Å². The number of nitrogens with zero attached hydrogens (tertiary/aromatic N) is 2. The number of ether oxygens (including phenoxy) is 2. The van der Waals surface area contributed by atoms with Gasteiger partial charge in [0.05, 0.1) is 25.9 Å². The number of likely N-dealkylation sites (N-methyl/N-ethyl adjacent to an activating group) is 1. The van der Waals surface area contributed by atoms with Gasteiger partial charge in [0.1, 0.15) is 5.75 Å². The number of carboxylic acids is 1. The molecule has 0 spiro atoms. The summed E-state index contributed by atoms with van der Waals surface area (Å²) in [5.41, 5.74) is 1.08.